The Morgan fingerprint density at radius 2 is 1.60 bits per heavy atom. The molecule has 1 heterocycles. The lowest BCUT2D eigenvalue weighted by atomic mass is 9.32. The van der Waals surface area contributed by atoms with Crippen molar-refractivity contribution in [3.8, 4) is 0 Å². The number of pyridine rings is 1. The van der Waals surface area contributed by atoms with Crippen LogP contribution in [0.4, 0.5) is 0 Å². The summed E-state index contributed by atoms with van der Waals surface area (Å²) in [5.41, 5.74) is 4.58. The van der Waals surface area contributed by atoms with Crippen molar-refractivity contribution in [2.75, 3.05) is 6.61 Å². The fourth-order valence-electron chi connectivity index (χ4n) is 13.2. The predicted molar refractivity (Wildman–Crippen MR) is 172 cm³/mol. The minimum Gasteiger partial charge on any atom is -0.457 e. The summed E-state index contributed by atoms with van der Waals surface area (Å²) in [6.07, 6.45) is 16.1. The Morgan fingerprint density at radius 1 is 0.907 bits per heavy atom. The van der Waals surface area contributed by atoms with E-state index in [9.17, 15) is 9.90 Å². The van der Waals surface area contributed by atoms with Crippen LogP contribution < -0.4 is 4.57 Å². The van der Waals surface area contributed by atoms with E-state index in [0.29, 0.717) is 47.0 Å². The Hall–Kier alpha value is -1.68. The molecule has 5 saturated carbocycles. The molecule has 0 radical (unpaired) electrons. The number of carbonyl (C=O) groups excluding carboxylic acids is 1. The zero-order valence-corrected chi connectivity index (χ0v) is 28.6. The summed E-state index contributed by atoms with van der Waals surface area (Å²) in [5.74, 6) is 2.95. The van der Waals surface area contributed by atoms with Crippen LogP contribution in [0.25, 0.3) is 0 Å². The molecule has 1 aromatic rings. The van der Waals surface area contributed by atoms with Crippen molar-refractivity contribution in [1.29, 1.82) is 0 Å². The van der Waals surface area contributed by atoms with E-state index in [1.165, 1.54) is 68.1 Å². The second-order valence-corrected chi connectivity index (χ2v) is 17.6. The van der Waals surface area contributed by atoms with Crippen LogP contribution in [0, 0.1) is 70.5 Å². The molecule has 0 saturated heterocycles. The molecular weight excluding hydrogens is 530 g/mol. The Labute approximate surface area is 262 Å². The molecule has 4 nitrogen and oxygen atoms in total. The lowest BCUT2D eigenvalue weighted by Gasteiger charge is -2.73. The Morgan fingerprint density at radius 3 is 2.26 bits per heavy atom. The highest BCUT2D eigenvalue weighted by Gasteiger charge is 2.71. The van der Waals surface area contributed by atoms with Gasteiger partial charge in [-0.05, 0) is 142 Å². The maximum atomic E-state index is 13.3. The van der Waals surface area contributed by atoms with Crippen LogP contribution in [0.5, 0.6) is 0 Å². The molecule has 10 atom stereocenters. The van der Waals surface area contributed by atoms with Crippen molar-refractivity contribution in [2.24, 2.45) is 56.7 Å². The first-order chi connectivity index (χ1) is 20.1. The monoisotopic (exact) mass is 590 g/mol. The number of ether oxygens (including phenoxy) is 1. The van der Waals surface area contributed by atoms with E-state index >= 15 is 0 Å². The Kier molecular flexibility index (Phi) is 7.59. The predicted octanol–water partition coefficient (Wildman–Crippen LogP) is 8.15. The molecule has 1 aromatic heterocycles. The Balaban J connectivity index is 1.24. The summed E-state index contributed by atoms with van der Waals surface area (Å²) in [6.45, 7) is 24.3. The summed E-state index contributed by atoms with van der Waals surface area (Å²) in [6, 6.07) is 2.14. The van der Waals surface area contributed by atoms with Crippen LogP contribution in [0.1, 0.15) is 117 Å². The van der Waals surface area contributed by atoms with Gasteiger partial charge in [-0.3, -0.25) is 0 Å². The van der Waals surface area contributed by atoms with E-state index < -0.39 is 0 Å². The summed E-state index contributed by atoms with van der Waals surface area (Å²) >= 11 is 0. The van der Waals surface area contributed by atoms with Crippen LogP contribution in [0.3, 0.4) is 0 Å². The molecular formula is C39H60NO3+. The number of carbonyl (C=O) groups is 1. The normalized spacial score (nSPS) is 44.9. The fraction of sp³-hybridized carbons (Fsp3) is 0.795. The number of esters is 1. The van der Waals surface area contributed by atoms with Crippen LogP contribution >= 0.6 is 0 Å². The Bertz CT molecular complexity index is 1260. The number of nitrogens with zero attached hydrogens (tertiary/aromatic N) is 1. The topological polar surface area (TPSA) is 50.4 Å². The standard InChI is InChI=1S/C39H60NO3/c1-25(2)28-12-17-39(24-41)19-18-37(8)29(34(28)39)10-11-31-36(7)15-14-32(35(5,6)30(36)13-16-38(31,37)9)43-33(42)23-40-21-26(3)20-27(4)22-40/h20-22,28-32,34,41H,1,10-19,23-24H2,2-9H3/q+1/t28?,29?,30?,31?,32-,34?,36-,37+,38+,39+/m0/s1. The maximum Gasteiger partial charge on any atom is 0.372 e. The van der Waals surface area contributed by atoms with E-state index in [2.05, 4.69) is 68.0 Å². The summed E-state index contributed by atoms with van der Waals surface area (Å²) in [5, 5.41) is 10.8. The summed E-state index contributed by atoms with van der Waals surface area (Å²) < 4.78 is 8.35. The van der Waals surface area contributed by atoms with Gasteiger partial charge < -0.3 is 9.84 Å². The van der Waals surface area contributed by atoms with Crippen molar-refractivity contribution in [3.05, 3.63) is 41.7 Å². The van der Waals surface area contributed by atoms with E-state index in [-0.39, 0.29) is 34.9 Å². The van der Waals surface area contributed by atoms with Gasteiger partial charge in [-0.25, -0.2) is 4.79 Å². The number of hydrogen-bond acceptors (Lipinski definition) is 3. The van der Waals surface area contributed by atoms with Gasteiger partial charge in [0.05, 0.1) is 0 Å². The van der Waals surface area contributed by atoms with E-state index in [4.69, 9.17) is 4.74 Å². The number of aliphatic hydroxyl groups excluding tert-OH is 1. The van der Waals surface area contributed by atoms with Crippen molar-refractivity contribution < 1.29 is 19.2 Å². The minimum atomic E-state index is -0.108. The number of aromatic nitrogens is 1. The molecule has 4 heteroatoms. The molecule has 6 rings (SSSR count). The van der Waals surface area contributed by atoms with Gasteiger partial charge in [0.15, 0.2) is 12.4 Å². The number of fused-ring (bicyclic) bond motifs is 7. The van der Waals surface area contributed by atoms with Crippen LogP contribution in [-0.2, 0) is 16.1 Å². The minimum absolute atomic E-state index is 0.0319. The largest absolute Gasteiger partial charge is 0.457 e. The smallest absolute Gasteiger partial charge is 0.372 e. The van der Waals surface area contributed by atoms with E-state index in [0.717, 1.165) is 12.8 Å². The van der Waals surface area contributed by atoms with Gasteiger partial charge >= 0.3 is 5.97 Å². The van der Waals surface area contributed by atoms with Crippen molar-refractivity contribution >= 4 is 5.97 Å². The third-order valence-electron chi connectivity index (χ3n) is 15.3. The zero-order valence-electron chi connectivity index (χ0n) is 28.6. The number of aliphatic hydroxyl groups is 1. The van der Waals surface area contributed by atoms with Crippen LogP contribution in [-0.4, -0.2) is 23.8 Å². The first-order valence-electron chi connectivity index (χ1n) is 17.5. The molecule has 5 aliphatic rings. The molecule has 0 spiro atoms. The second kappa shape index (κ2) is 10.4. The third-order valence-corrected chi connectivity index (χ3v) is 15.3. The highest BCUT2D eigenvalue weighted by Crippen LogP contribution is 2.77. The van der Waals surface area contributed by atoms with Gasteiger partial charge in [-0.2, -0.15) is 4.57 Å². The van der Waals surface area contributed by atoms with E-state index in [1.54, 1.807) is 0 Å². The van der Waals surface area contributed by atoms with Gasteiger partial charge in [-0.1, -0.05) is 46.8 Å². The van der Waals surface area contributed by atoms with Crippen LogP contribution in [0.2, 0.25) is 0 Å². The van der Waals surface area contributed by atoms with Crippen molar-refractivity contribution in [3.63, 3.8) is 0 Å². The van der Waals surface area contributed by atoms with Crippen molar-refractivity contribution in [2.45, 2.75) is 132 Å². The number of hydrogen-bond donors (Lipinski definition) is 1. The molecule has 0 aliphatic heterocycles. The average molecular weight is 591 g/mol. The lowest BCUT2D eigenvalue weighted by molar-refractivity contribution is -0.686. The molecule has 0 amide bonds. The molecule has 43 heavy (non-hydrogen) atoms. The summed E-state index contributed by atoms with van der Waals surface area (Å²) in [7, 11) is 0. The lowest BCUT2D eigenvalue weighted by Crippen LogP contribution is -2.67. The molecule has 0 bridgehead atoms. The third kappa shape index (κ3) is 4.53. The quantitative estimate of drug-likeness (QED) is 0.214. The molecule has 5 fully saturated rings. The second-order valence-electron chi connectivity index (χ2n) is 17.6. The summed E-state index contributed by atoms with van der Waals surface area (Å²) in [4.78, 5) is 13.3. The molecule has 5 aliphatic carbocycles. The fourth-order valence-corrected chi connectivity index (χ4v) is 13.2. The van der Waals surface area contributed by atoms with Crippen LogP contribution in [0.15, 0.2) is 30.6 Å². The van der Waals surface area contributed by atoms with Gasteiger partial charge in [-0.15, -0.1) is 0 Å². The zero-order chi connectivity index (χ0) is 31.2. The van der Waals surface area contributed by atoms with Gasteiger partial charge in [0.2, 0.25) is 6.54 Å². The first kappa shape index (κ1) is 31.3. The highest BCUT2D eigenvalue weighted by molar-refractivity contribution is 5.68. The molecule has 1 N–H and O–H groups in total. The number of rotatable bonds is 5. The first-order valence-corrected chi connectivity index (χ1v) is 17.5. The van der Waals surface area contributed by atoms with Gasteiger partial charge in [0, 0.05) is 23.1 Å². The van der Waals surface area contributed by atoms with Gasteiger partial charge in [0.25, 0.3) is 0 Å². The average Bonchev–Trinajstić information content (AvgIpc) is 3.31. The maximum absolute atomic E-state index is 13.3. The number of aryl methyl sites for hydroxylation is 2. The number of allylic oxidation sites excluding steroid dienone is 1. The highest BCUT2D eigenvalue weighted by atomic mass is 16.5. The molecule has 5 unspecified atom stereocenters. The SMILES string of the molecule is C=C(C)C1CC[C@]2(CO)CC[C@]3(C)C(CCC4[C@@]5(C)CC[C@H](OC(=O)C[n+]6cc(C)cc(C)c6)C(C)(C)C5CC[C@]43C)C12. The molecule has 238 valence electrons. The molecule has 0 aromatic carbocycles. The van der Waals surface area contributed by atoms with E-state index in [1.807, 2.05) is 17.0 Å². The van der Waals surface area contributed by atoms with Crippen molar-refractivity contribution in [1.82, 2.24) is 0 Å². The van der Waals surface area contributed by atoms with Gasteiger partial charge in [0.1, 0.15) is 6.10 Å².